The fourth-order valence-corrected chi connectivity index (χ4v) is 2.12. The molecule has 0 aliphatic heterocycles. The van der Waals surface area contributed by atoms with Gasteiger partial charge in [0.2, 0.25) is 0 Å². The van der Waals surface area contributed by atoms with Crippen LogP contribution in [0, 0.1) is 6.92 Å². The second kappa shape index (κ2) is 9.31. The van der Waals surface area contributed by atoms with E-state index in [0.29, 0.717) is 22.7 Å². The molecule has 0 aliphatic rings. The highest BCUT2D eigenvalue weighted by molar-refractivity contribution is 5.92. The normalized spacial score (nSPS) is 10.1. The molecule has 7 nitrogen and oxygen atoms in total. The fourth-order valence-electron chi connectivity index (χ4n) is 2.12. The van der Waals surface area contributed by atoms with E-state index < -0.39 is 11.9 Å². The Morgan fingerprint density at radius 3 is 2.54 bits per heavy atom. The summed E-state index contributed by atoms with van der Waals surface area (Å²) < 4.78 is 15.7. The van der Waals surface area contributed by atoms with Crippen LogP contribution in [0.1, 0.15) is 15.9 Å². The molecule has 3 N–H and O–H groups in total. The van der Waals surface area contributed by atoms with E-state index in [1.807, 2.05) is 19.1 Å². The lowest BCUT2D eigenvalue weighted by Gasteiger charge is -2.11. The van der Waals surface area contributed by atoms with E-state index in [0.717, 1.165) is 5.56 Å². The Balaban J connectivity index is 1.70. The number of methoxy groups -OCH3 is 1. The quantitative estimate of drug-likeness (QED) is 0.425. The number of hydrogen-bond acceptors (Lipinski definition) is 6. The molecule has 0 fully saturated rings. The zero-order chi connectivity index (χ0) is 18.9. The molecule has 7 heteroatoms. The fraction of sp³-hybridized carbons (Fsp3) is 0.263. The van der Waals surface area contributed by atoms with Crippen molar-refractivity contribution in [2.45, 2.75) is 6.92 Å². The number of carbonyl (C=O) groups excluding carboxylic acids is 2. The van der Waals surface area contributed by atoms with Gasteiger partial charge >= 0.3 is 5.97 Å². The molecule has 1 amide bonds. The van der Waals surface area contributed by atoms with E-state index in [-0.39, 0.29) is 19.8 Å². The van der Waals surface area contributed by atoms with Crippen LogP contribution in [0.2, 0.25) is 0 Å². The molecule has 0 atom stereocenters. The number of para-hydroxylation sites is 2. The van der Waals surface area contributed by atoms with Crippen LogP contribution in [-0.4, -0.2) is 38.7 Å². The molecule has 0 unspecified atom stereocenters. The number of ether oxygens (including phenoxy) is 3. The van der Waals surface area contributed by atoms with Gasteiger partial charge in [-0.15, -0.1) is 0 Å². The Hall–Kier alpha value is -3.22. The summed E-state index contributed by atoms with van der Waals surface area (Å²) in [4.78, 5) is 23.6. The summed E-state index contributed by atoms with van der Waals surface area (Å²) in [6.07, 6.45) is 0. The minimum absolute atomic E-state index is 0.258. The number of rotatable bonds is 8. The SMILES string of the molecule is COc1ccccc1OCCNC(=O)COC(=O)c1ccc(C)c(N)c1. The number of aryl methyl sites for hydroxylation is 1. The van der Waals surface area contributed by atoms with E-state index in [1.54, 1.807) is 31.4 Å². The monoisotopic (exact) mass is 358 g/mol. The zero-order valence-electron chi connectivity index (χ0n) is 14.8. The number of anilines is 1. The largest absolute Gasteiger partial charge is 0.493 e. The number of nitrogens with one attached hydrogen (secondary N) is 1. The Kier molecular flexibility index (Phi) is 6.84. The lowest BCUT2D eigenvalue weighted by molar-refractivity contribution is -0.124. The molecule has 0 spiro atoms. The number of nitrogens with two attached hydrogens (primary N) is 1. The summed E-state index contributed by atoms with van der Waals surface area (Å²) in [6.45, 7) is 1.99. The average molecular weight is 358 g/mol. The third-order valence-corrected chi connectivity index (χ3v) is 3.60. The predicted octanol–water partition coefficient (Wildman–Crippen LogP) is 1.94. The van der Waals surface area contributed by atoms with Gasteiger partial charge in [-0.05, 0) is 36.8 Å². The van der Waals surface area contributed by atoms with Crippen molar-refractivity contribution in [1.29, 1.82) is 0 Å². The number of hydrogen-bond donors (Lipinski definition) is 2. The van der Waals surface area contributed by atoms with Gasteiger partial charge in [-0.2, -0.15) is 0 Å². The molecule has 0 aliphatic carbocycles. The Morgan fingerprint density at radius 2 is 1.85 bits per heavy atom. The van der Waals surface area contributed by atoms with Gasteiger partial charge in [0.15, 0.2) is 18.1 Å². The van der Waals surface area contributed by atoms with Crippen LogP contribution in [0.5, 0.6) is 11.5 Å². The van der Waals surface area contributed by atoms with Crippen molar-refractivity contribution in [3.63, 3.8) is 0 Å². The van der Waals surface area contributed by atoms with E-state index in [9.17, 15) is 9.59 Å². The molecule has 2 aromatic rings. The van der Waals surface area contributed by atoms with Crippen molar-refractivity contribution in [3.05, 3.63) is 53.6 Å². The van der Waals surface area contributed by atoms with E-state index >= 15 is 0 Å². The van der Waals surface area contributed by atoms with Gasteiger partial charge in [0.1, 0.15) is 6.61 Å². The minimum atomic E-state index is -0.600. The number of amides is 1. The van der Waals surface area contributed by atoms with Crippen molar-refractivity contribution in [2.24, 2.45) is 0 Å². The topological polar surface area (TPSA) is 99.9 Å². The number of carbonyl (C=O) groups is 2. The molecular weight excluding hydrogens is 336 g/mol. The molecule has 0 radical (unpaired) electrons. The molecule has 0 saturated carbocycles. The molecule has 0 bridgehead atoms. The Bertz CT molecular complexity index is 776. The molecule has 138 valence electrons. The maximum absolute atomic E-state index is 11.9. The lowest BCUT2D eigenvalue weighted by atomic mass is 10.1. The molecule has 2 rings (SSSR count). The third kappa shape index (κ3) is 5.41. The van der Waals surface area contributed by atoms with Gasteiger partial charge in [-0.25, -0.2) is 4.79 Å². The van der Waals surface area contributed by atoms with Gasteiger partial charge in [0.05, 0.1) is 19.2 Å². The number of nitrogen functional groups attached to an aromatic ring is 1. The van der Waals surface area contributed by atoms with E-state index in [2.05, 4.69) is 5.32 Å². The van der Waals surface area contributed by atoms with E-state index in [1.165, 1.54) is 6.07 Å². The van der Waals surface area contributed by atoms with Gasteiger partial charge in [-0.3, -0.25) is 4.79 Å². The summed E-state index contributed by atoms with van der Waals surface area (Å²) in [6, 6.07) is 12.1. The summed E-state index contributed by atoms with van der Waals surface area (Å²) in [5, 5.41) is 2.61. The smallest absolute Gasteiger partial charge is 0.338 e. The summed E-state index contributed by atoms with van der Waals surface area (Å²) >= 11 is 0. The first-order valence-electron chi connectivity index (χ1n) is 8.07. The van der Waals surface area contributed by atoms with Crippen LogP contribution < -0.4 is 20.5 Å². The van der Waals surface area contributed by atoms with Gasteiger partial charge in [-0.1, -0.05) is 18.2 Å². The second-order valence-electron chi connectivity index (χ2n) is 5.50. The van der Waals surface area contributed by atoms with Crippen LogP contribution in [0.15, 0.2) is 42.5 Å². The van der Waals surface area contributed by atoms with Gasteiger partial charge < -0.3 is 25.3 Å². The lowest BCUT2D eigenvalue weighted by Crippen LogP contribution is -2.32. The third-order valence-electron chi connectivity index (χ3n) is 3.60. The maximum atomic E-state index is 11.9. The first-order valence-corrected chi connectivity index (χ1v) is 8.07. The number of esters is 1. The first kappa shape index (κ1) is 19.1. The second-order valence-corrected chi connectivity index (χ2v) is 5.50. The Morgan fingerprint density at radius 1 is 1.12 bits per heavy atom. The van der Waals surface area contributed by atoms with Crippen molar-refractivity contribution in [2.75, 3.05) is 32.6 Å². The molecule has 0 heterocycles. The van der Waals surface area contributed by atoms with Crippen LogP contribution in [0.3, 0.4) is 0 Å². The van der Waals surface area contributed by atoms with E-state index in [4.69, 9.17) is 19.9 Å². The molecule has 26 heavy (non-hydrogen) atoms. The highest BCUT2D eigenvalue weighted by atomic mass is 16.5. The molecule has 0 saturated heterocycles. The van der Waals surface area contributed by atoms with Gasteiger partial charge in [0.25, 0.3) is 5.91 Å². The molecule has 2 aromatic carbocycles. The van der Waals surface area contributed by atoms with Crippen molar-refractivity contribution in [3.8, 4) is 11.5 Å². The van der Waals surface area contributed by atoms with Gasteiger partial charge in [0, 0.05) is 5.69 Å². The summed E-state index contributed by atoms with van der Waals surface area (Å²) in [5.74, 6) is 0.192. The maximum Gasteiger partial charge on any atom is 0.338 e. The summed E-state index contributed by atoms with van der Waals surface area (Å²) in [5.41, 5.74) is 7.43. The first-order chi connectivity index (χ1) is 12.5. The summed E-state index contributed by atoms with van der Waals surface area (Å²) in [7, 11) is 1.56. The highest BCUT2D eigenvalue weighted by Gasteiger charge is 2.11. The average Bonchev–Trinajstić information content (AvgIpc) is 2.65. The molecular formula is C19H22N2O5. The van der Waals surface area contributed by atoms with Crippen LogP contribution >= 0.6 is 0 Å². The van der Waals surface area contributed by atoms with Crippen LogP contribution in [0.4, 0.5) is 5.69 Å². The standard InChI is InChI=1S/C19H22N2O5/c1-13-7-8-14(11-15(13)20)19(23)26-12-18(22)21-9-10-25-17-6-4-3-5-16(17)24-2/h3-8,11H,9-10,12,20H2,1-2H3,(H,21,22). The Labute approximate surface area is 152 Å². The molecule has 0 aromatic heterocycles. The predicted molar refractivity (Wildman–Crippen MR) is 97.4 cm³/mol. The van der Waals surface area contributed by atoms with Crippen molar-refractivity contribution in [1.82, 2.24) is 5.32 Å². The number of benzene rings is 2. The van der Waals surface area contributed by atoms with Crippen LogP contribution in [0.25, 0.3) is 0 Å². The van der Waals surface area contributed by atoms with Crippen molar-refractivity contribution >= 4 is 17.6 Å². The highest BCUT2D eigenvalue weighted by Crippen LogP contribution is 2.25. The van der Waals surface area contributed by atoms with Crippen molar-refractivity contribution < 1.29 is 23.8 Å². The minimum Gasteiger partial charge on any atom is -0.493 e. The van der Waals surface area contributed by atoms with Crippen LogP contribution in [-0.2, 0) is 9.53 Å². The zero-order valence-corrected chi connectivity index (χ0v) is 14.8.